The Kier molecular flexibility index (Phi) is 6.17. The summed E-state index contributed by atoms with van der Waals surface area (Å²) in [6.07, 6.45) is 2.14. The fraction of sp³-hybridized carbons (Fsp3) is 0.455. The van der Waals surface area contributed by atoms with Gasteiger partial charge in [-0.15, -0.1) is 12.4 Å². The van der Waals surface area contributed by atoms with Crippen molar-refractivity contribution in [3.8, 4) is 0 Å². The summed E-state index contributed by atoms with van der Waals surface area (Å²) >= 11 is 5.86. The molecule has 0 bridgehead atoms. The van der Waals surface area contributed by atoms with Crippen LogP contribution in [0.2, 0.25) is 5.02 Å². The molecule has 1 rings (SSSR count). The minimum Gasteiger partial charge on any atom is -0.324 e. The summed E-state index contributed by atoms with van der Waals surface area (Å²) in [6.45, 7) is 4.20. The number of hydrogen-bond donors (Lipinski definition) is 1. The first-order valence-electron chi connectivity index (χ1n) is 4.66. The first-order valence-corrected chi connectivity index (χ1v) is 5.04. The van der Waals surface area contributed by atoms with E-state index in [1.807, 2.05) is 18.2 Å². The molecule has 3 heteroatoms. The van der Waals surface area contributed by atoms with Gasteiger partial charge in [0.25, 0.3) is 0 Å². The second kappa shape index (κ2) is 6.28. The van der Waals surface area contributed by atoms with Gasteiger partial charge < -0.3 is 5.73 Å². The van der Waals surface area contributed by atoms with Crippen molar-refractivity contribution in [2.45, 2.75) is 32.7 Å². The van der Waals surface area contributed by atoms with E-state index >= 15 is 0 Å². The largest absolute Gasteiger partial charge is 0.324 e. The van der Waals surface area contributed by atoms with Crippen LogP contribution < -0.4 is 5.73 Å². The van der Waals surface area contributed by atoms with Crippen molar-refractivity contribution in [3.05, 3.63) is 34.3 Å². The maximum Gasteiger partial charge on any atom is 0.0408 e. The lowest BCUT2D eigenvalue weighted by Gasteiger charge is -2.13. The van der Waals surface area contributed by atoms with Crippen LogP contribution in [0.1, 0.15) is 36.9 Å². The van der Waals surface area contributed by atoms with Crippen LogP contribution in [0, 0.1) is 6.92 Å². The lowest BCUT2D eigenvalue weighted by molar-refractivity contribution is 0.635. The normalized spacial score (nSPS) is 12.0. The molecule has 0 aliphatic carbocycles. The maximum atomic E-state index is 6.01. The molecule has 0 saturated carbocycles. The highest BCUT2D eigenvalue weighted by atomic mass is 35.5. The molecule has 0 aliphatic rings. The molecule has 1 atom stereocenters. The van der Waals surface area contributed by atoms with Crippen LogP contribution in [-0.2, 0) is 0 Å². The zero-order valence-electron chi connectivity index (χ0n) is 8.59. The van der Waals surface area contributed by atoms with Gasteiger partial charge >= 0.3 is 0 Å². The Bertz CT molecular complexity index is 287. The molecule has 1 aromatic carbocycles. The molecule has 0 radical (unpaired) electrons. The van der Waals surface area contributed by atoms with E-state index in [1.54, 1.807) is 0 Å². The standard InChI is InChI=1S/C11H16ClN.ClH/c1-3-4-11(13)10-6-5-9(12)7-8(10)2;/h5-7,11H,3-4,13H2,1-2H3;1H/t11-;/m0./s1. The Balaban J connectivity index is 0.00000169. The Hall–Kier alpha value is -0.240. The molecule has 0 aliphatic heterocycles. The van der Waals surface area contributed by atoms with Gasteiger partial charge in [0.1, 0.15) is 0 Å². The molecule has 1 aromatic rings. The van der Waals surface area contributed by atoms with Gasteiger partial charge in [-0.3, -0.25) is 0 Å². The van der Waals surface area contributed by atoms with Crippen LogP contribution in [0.15, 0.2) is 18.2 Å². The van der Waals surface area contributed by atoms with Gasteiger partial charge in [0.15, 0.2) is 0 Å². The summed E-state index contributed by atoms with van der Waals surface area (Å²) in [4.78, 5) is 0. The van der Waals surface area contributed by atoms with Gasteiger partial charge in [-0.25, -0.2) is 0 Å². The number of benzene rings is 1. The van der Waals surface area contributed by atoms with Crippen molar-refractivity contribution < 1.29 is 0 Å². The summed E-state index contributed by atoms with van der Waals surface area (Å²) in [7, 11) is 0. The van der Waals surface area contributed by atoms with Gasteiger partial charge in [-0.1, -0.05) is 31.0 Å². The number of aryl methyl sites for hydroxylation is 1. The van der Waals surface area contributed by atoms with Crippen LogP contribution in [0.5, 0.6) is 0 Å². The lowest BCUT2D eigenvalue weighted by Crippen LogP contribution is -2.11. The van der Waals surface area contributed by atoms with Crippen molar-refractivity contribution in [3.63, 3.8) is 0 Å². The van der Waals surface area contributed by atoms with Crippen molar-refractivity contribution in [1.29, 1.82) is 0 Å². The second-order valence-electron chi connectivity index (χ2n) is 3.40. The molecule has 1 nitrogen and oxygen atoms in total. The third-order valence-corrected chi connectivity index (χ3v) is 2.47. The Morgan fingerprint density at radius 3 is 2.57 bits per heavy atom. The van der Waals surface area contributed by atoms with Crippen LogP contribution >= 0.6 is 24.0 Å². The first-order chi connectivity index (χ1) is 6.15. The smallest absolute Gasteiger partial charge is 0.0408 e. The third-order valence-electron chi connectivity index (χ3n) is 2.23. The van der Waals surface area contributed by atoms with E-state index < -0.39 is 0 Å². The fourth-order valence-electron chi connectivity index (χ4n) is 1.52. The van der Waals surface area contributed by atoms with Crippen molar-refractivity contribution >= 4 is 24.0 Å². The highest BCUT2D eigenvalue weighted by molar-refractivity contribution is 6.30. The van der Waals surface area contributed by atoms with Gasteiger partial charge in [-0.05, 0) is 36.6 Å². The van der Waals surface area contributed by atoms with Crippen LogP contribution in [0.3, 0.4) is 0 Å². The predicted molar refractivity (Wildman–Crippen MR) is 65.3 cm³/mol. The van der Waals surface area contributed by atoms with Gasteiger partial charge in [0.05, 0.1) is 0 Å². The zero-order chi connectivity index (χ0) is 9.84. The van der Waals surface area contributed by atoms with Crippen LogP contribution in [-0.4, -0.2) is 0 Å². The van der Waals surface area contributed by atoms with E-state index in [2.05, 4.69) is 13.8 Å². The van der Waals surface area contributed by atoms with Crippen LogP contribution in [0.4, 0.5) is 0 Å². The number of halogens is 2. The zero-order valence-corrected chi connectivity index (χ0v) is 10.2. The number of nitrogens with two attached hydrogens (primary N) is 1. The molecule has 80 valence electrons. The minimum atomic E-state index is 0. The molecule has 0 saturated heterocycles. The summed E-state index contributed by atoms with van der Waals surface area (Å²) in [5.41, 5.74) is 8.42. The summed E-state index contributed by atoms with van der Waals surface area (Å²) < 4.78 is 0. The molecular formula is C11H17Cl2N. The Labute approximate surface area is 97.1 Å². The number of rotatable bonds is 3. The fourth-order valence-corrected chi connectivity index (χ4v) is 1.75. The van der Waals surface area contributed by atoms with Crippen molar-refractivity contribution in [1.82, 2.24) is 0 Å². The maximum absolute atomic E-state index is 6.01. The van der Waals surface area contributed by atoms with Gasteiger partial charge in [-0.2, -0.15) is 0 Å². The summed E-state index contributed by atoms with van der Waals surface area (Å²) in [5.74, 6) is 0. The quantitative estimate of drug-likeness (QED) is 0.844. The molecule has 0 fully saturated rings. The predicted octanol–water partition coefficient (Wildman–Crippen LogP) is 3.87. The van der Waals surface area contributed by atoms with E-state index in [1.165, 1.54) is 11.1 Å². The summed E-state index contributed by atoms with van der Waals surface area (Å²) in [5, 5.41) is 0.782. The SMILES string of the molecule is CCC[C@H](N)c1ccc(Cl)cc1C.Cl. The molecule has 2 N–H and O–H groups in total. The highest BCUT2D eigenvalue weighted by Crippen LogP contribution is 2.22. The minimum absolute atomic E-state index is 0. The van der Waals surface area contributed by atoms with E-state index in [9.17, 15) is 0 Å². The molecule has 0 aromatic heterocycles. The molecule has 0 unspecified atom stereocenters. The van der Waals surface area contributed by atoms with E-state index in [4.69, 9.17) is 17.3 Å². The van der Waals surface area contributed by atoms with Crippen molar-refractivity contribution in [2.75, 3.05) is 0 Å². The topological polar surface area (TPSA) is 26.0 Å². The second-order valence-corrected chi connectivity index (χ2v) is 3.83. The third kappa shape index (κ3) is 3.49. The van der Waals surface area contributed by atoms with E-state index in [0.717, 1.165) is 17.9 Å². The molecular weight excluding hydrogens is 217 g/mol. The molecule has 0 heterocycles. The highest BCUT2D eigenvalue weighted by Gasteiger charge is 2.07. The Morgan fingerprint density at radius 1 is 1.43 bits per heavy atom. The Morgan fingerprint density at radius 2 is 2.07 bits per heavy atom. The van der Waals surface area contributed by atoms with Crippen molar-refractivity contribution in [2.24, 2.45) is 5.73 Å². The summed E-state index contributed by atoms with van der Waals surface area (Å²) in [6, 6.07) is 6.05. The average Bonchev–Trinajstić information content (AvgIpc) is 2.04. The van der Waals surface area contributed by atoms with Gasteiger partial charge in [0, 0.05) is 11.1 Å². The molecule has 0 spiro atoms. The average molecular weight is 234 g/mol. The van der Waals surface area contributed by atoms with Gasteiger partial charge in [0.2, 0.25) is 0 Å². The van der Waals surface area contributed by atoms with Crippen LogP contribution in [0.25, 0.3) is 0 Å². The monoisotopic (exact) mass is 233 g/mol. The lowest BCUT2D eigenvalue weighted by atomic mass is 9.99. The van der Waals surface area contributed by atoms with E-state index in [-0.39, 0.29) is 18.4 Å². The molecule has 0 amide bonds. The molecule has 14 heavy (non-hydrogen) atoms. The van der Waals surface area contributed by atoms with E-state index in [0.29, 0.717) is 0 Å². The first kappa shape index (κ1) is 13.8. The number of hydrogen-bond acceptors (Lipinski definition) is 1.